The normalized spacial score (nSPS) is 12.9. The lowest BCUT2D eigenvalue weighted by atomic mass is 10.1. The molecule has 0 amide bonds. The van der Waals surface area contributed by atoms with E-state index in [0.717, 1.165) is 36.8 Å². The number of rotatable bonds is 5. The number of ether oxygens (including phenoxy) is 2. The molecule has 1 aliphatic heterocycles. The molecule has 0 saturated heterocycles. The number of fused-ring (bicyclic) bond motifs is 1. The third kappa shape index (κ3) is 3.48. The summed E-state index contributed by atoms with van der Waals surface area (Å²) in [6.45, 7) is 5.66. The van der Waals surface area contributed by atoms with Crippen molar-refractivity contribution in [2.45, 2.75) is 32.9 Å². The first kappa shape index (κ1) is 13.8. The van der Waals surface area contributed by atoms with Crippen LogP contribution in [0, 0.1) is 0 Å². The average molecular weight is 283 g/mol. The maximum atomic E-state index is 5.72. The monoisotopic (exact) mass is 283 g/mol. The minimum absolute atomic E-state index is 0.199. The number of hydrogen-bond acceptors (Lipinski definition) is 3. The molecular formula is C18H21NO2. The van der Waals surface area contributed by atoms with Crippen LogP contribution in [0.15, 0.2) is 42.5 Å². The largest absolute Gasteiger partial charge is 0.493 e. The Morgan fingerprint density at radius 2 is 2.10 bits per heavy atom. The van der Waals surface area contributed by atoms with Crippen LogP contribution in [0.1, 0.15) is 25.0 Å². The highest BCUT2D eigenvalue weighted by atomic mass is 16.5. The van der Waals surface area contributed by atoms with Crippen LogP contribution in [0.25, 0.3) is 0 Å². The first-order chi connectivity index (χ1) is 10.2. The summed E-state index contributed by atoms with van der Waals surface area (Å²) in [4.78, 5) is 0. The van der Waals surface area contributed by atoms with Gasteiger partial charge in [0.25, 0.3) is 0 Å². The van der Waals surface area contributed by atoms with Crippen LogP contribution in [0.5, 0.6) is 11.5 Å². The van der Waals surface area contributed by atoms with Crippen molar-refractivity contribution in [3.8, 4) is 11.5 Å². The Labute approximate surface area is 125 Å². The topological polar surface area (TPSA) is 30.5 Å². The molecule has 0 fully saturated rings. The Hall–Kier alpha value is -2.16. The summed E-state index contributed by atoms with van der Waals surface area (Å²) in [5.41, 5.74) is 3.64. The molecule has 0 radical (unpaired) electrons. The number of hydrogen-bond donors (Lipinski definition) is 1. The number of nitrogens with one attached hydrogen (secondary N) is 1. The highest BCUT2D eigenvalue weighted by molar-refractivity contribution is 5.52. The molecule has 0 unspecified atom stereocenters. The van der Waals surface area contributed by atoms with E-state index in [9.17, 15) is 0 Å². The van der Waals surface area contributed by atoms with Crippen molar-refractivity contribution < 1.29 is 9.47 Å². The summed E-state index contributed by atoms with van der Waals surface area (Å²) in [6.07, 6.45) is 1.20. The molecule has 0 aromatic heterocycles. The van der Waals surface area contributed by atoms with E-state index in [1.165, 1.54) is 11.1 Å². The average Bonchev–Trinajstić information content (AvgIpc) is 2.92. The Morgan fingerprint density at radius 1 is 1.19 bits per heavy atom. The summed E-state index contributed by atoms with van der Waals surface area (Å²) in [5.74, 6) is 1.94. The zero-order valence-corrected chi connectivity index (χ0v) is 12.6. The molecular weight excluding hydrogens is 262 g/mol. The smallest absolute Gasteiger partial charge is 0.122 e. The van der Waals surface area contributed by atoms with E-state index in [1.54, 1.807) is 0 Å². The molecule has 21 heavy (non-hydrogen) atoms. The van der Waals surface area contributed by atoms with Gasteiger partial charge in [-0.3, -0.25) is 0 Å². The summed E-state index contributed by atoms with van der Waals surface area (Å²) >= 11 is 0. The van der Waals surface area contributed by atoms with Crippen molar-refractivity contribution in [1.82, 2.24) is 0 Å². The van der Waals surface area contributed by atoms with E-state index in [0.29, 0.717) is 0 Å². The molecule has 2 aromatic carbocycles. The maximum Gasteiger partial charge on any atom is 0.122 e. The molecule has 1 heterocycles. The lowest BCUT2D eigenvalue weighted by Gasteiger charge is -2.12. The van der Waals surface area contributed by atoms with Crippen molar-refractivity contribution >= 4 is 5.69 Å². The van der Waals surface area contributed by atoms with E-state index in [4.69, 9.17) is 9.47 Å². The minimum atomic E-state index is 0.199. The first-order valence-electron chi connectivity index (χ1n) is 7.46. The molecule has 3 rings (SSSR count). The van der Waals surface area contributed by atoms with Gasteiger partial charge in [0.2, 0.25) is 0 Å². The third-order valence-electron chi connectivity index (χ3n) is 3.46. The van der Waals surface area contributed by atoms with Gasteiger partial charge in [-0.2, -0.15) is 0 Å². The van der Waals surface area contributed by atoms with Crippen LogP contribution in [0.2, 0.25) is 0 Å². The zero-order valence-electron chi connectivity index (χ0n) is 12.6. The van der Waals surface area contributed by atoms with Crippen LogP contribution in [-0.4, -0.2) is 12.7 Å². The van der Waals surface area contributed by atoms with Crippen LogP contribution >= 0.6 is 0 Å². The fourth-order valence-electron chi connectivity index (χ4n) is 2.50. The van der Waals surface area contributed by atoms with Gasteiger partial charge in [-0.05, 0) is 55.3 Å². The van der Waals surface area contributed by atoms with E-state index in [2.05, 4.69) is 29.6 Å². The SMILES string of the molecule is CC(C)Oc1cccc(CNc2ccc3c(c2)CCO3)c1. The molecule has 110 valence electrons. The van der Waals surface area contributed by atoms with Crippen molar-refractivity contribution in [3.63, 3.8) is 0 Å². The standard InChI is InChI=1S/C18H21NO2/c1-13(2)21-17-5-3-4-14(10-17)12-19-16-6-7-18-15(11-16)8-9-20-18/h3-7,10-11,13,19H,8-9,12H2,1-2H3. The van der Waals surface area contributed by atoms with Gasteiger partial charge < -0.3 is 14.8 Å². The Bertz CT molecular complexity index is 622. The van der Waals surface area contributed by atoms with E-state index in [-0.39, 0.29) is 6.10 Å². The number of benzene rings is 2. The van der Waals surface area contributed by atoms with Crippen LogP contribution in [0.4, 0.5) is 5.69 Å². The predicted molar refractivity (Wildman–Crippen MR) is 85.2 cm³/mol. The summed E-state index contributed by atoms with van der Waals surface area (Å²) < 4.78 is 11.2. The molecule has 0 atom stereocenters. The molecule has 1 N–H and O–H groups in total. The van der Waals surface area contributed by atoms with E-state index < -0.39 is 0 Å². The Balaban J connectivity index is 1.64. The van der Waals surface area contributed by atoms with Crippen molar-refractivity contribution in [1.29, 1.82) is 0 Å². The summed E-state index contributed by atoms with van der Waals surface area (Å²) in [6, 6.07) is 14.5. The molecule has 1 aliphatic rings. The Kier molecular flexibility index (Phi) is 4.00. The lowest BCUT2D eigenvalue weighted by molar-refractivity contribution is 0.242. The number of anilines is 1. The third-order valence-corrected chi connectivity index (χ3v) is 3.46. The predicted octanol–water partition coefficient (Wildman–Crippen LogP) is 4.02. The van der Waals surface area contributed by atoms with Crippen LogP contribution < -0.4 is 14.8 Å². The fraction of sp³-hybridized carbons (Fsp3) is 0.333. The van der Waals surface area contributed by atoms with Gasteiger partial charge in [-0.25, -0.2) is 0 Å². The van der Waals surface area contributed by atoms with Gasteiger partial charge in [0.15, 0.2) is 0 Å². The molecule has 3 nitrogen and oxygen atoms in total. The van der Waals surface area contributed by atoms with Gasteiger partial charge in [-0.1, -0.05) is 12.1 Å². The highest BCUT2D eigenvalue weighted by Gasteiger charge is 2.11. The van der Waals surface area contributed by atoms with Gasteiger partial charge in [0.1, 0.15) is 11.5 Å². The van der Waals surface area contributed by atoms with Gasteiger partial charge in [-0.15, -0.1) is 0 Å². The fourth-order valence-corrected chi connectivity index (χ4v) is 2.50. The highest BCUT2D eigenvalue weighted by Crippen LogP contribution is 2.28. The van der Waals surface area contributed by atoms with Crippen molar-refractivity contribution in [2.24, 2.45) is 0 Å². The second-order valence-corrected chi connectivity index (χ2v) is 5.59. The van der Waals surface area contributed by atoms with Crippen molar-refractivity contribution in [3.05, 3.63) is 53.6 Å². The van der Waals surface area contributed by atoms with E-state index >= 15 is 0 Å². The zero-order chi connectivity index (χ0) is 14.7. The summed E-state index contributed by atoms with van der Waals surface area (Å²) in [7, 11) is 0. The molecule has 0 saturated carbocycles. The molecule has 2 aromatic rings. The van der Waals surface area contributed by atoms with Gasteiger partial charge >= 0.3 is 0 Å². The molecule has 0 bridgehead atoms. The van der Waals surface area contributed by atoms with Gasteiger partial charge in [0, 0.05) is 18.7 Å². The molecule has 3 heteroatoms. The maximum absolute atomic E-state index is 5.72. The lowest BCUT2D eigenvalue weighted by Crippen LogP contribution is -2.06. The molecule has 0 spiro atoms. The van der Waals surface area contributed by atoms with Crippen molar-refractivity contribution in [2.75, 3.05) is 11.9 Å². The minimum Gasteiger partial charge on any atom is -0.493 e. The van der Waals surface area contributed by atoms with Crippen LogP contribution in [-0.2, 0) is 13.0 Å². The summed E-state index contributed by atoms with van der Waals surface area (Å²) in [5, 5.41) is 3.46. The second kappa shape index (κ2) is 6.08. The van der Waals surface area contributed by atoms with E-state index in [1.807, 2.05) is 32.0 Å². The quantitative estimate of drug-likeness (QED) is 0.899. The Morgan fingerprint density at radius 3 is 2.95 bits per heavy atom. The second-order valence-electron chi connectivity index (χ2n) is 5.59. The van der Waals surface area contributed by atoms with Gasteiger partial charge in [0.05, 0.1) is 12.7 Å². The van der Waals surface area contributed by atoms with Crippen LogP contribution in [0.3, 0.4) is 0 Å². The molecule has 0 aliphatic carbocycles. The first-order valence-corrected chi connectivity index (χ1v) is 7.46.